The van der Waals surface area contributed by atoms with Gasteiger partial charge in [0.15, 0.2) is 5.65 Å². The number of hydrogen-bond acceptors (Lipinski definition) is 4. The maximum atomic E-state index is 13.7. The van der Waals surface area contributed by atoms with E-state index < -0.39 is 17.6 Å². The molecule has 2 aromatic heterocycles. The van der Waals surface area contributed by atoms with Crippen LogP contribution in [-0.4, -0.2) is 26.0 Å². The van der Waals surface area contributed by atoms with E-state index in [4.69, 9.17) is 0 Å². The molecule has 0 radical (unpaired) electrons. The van der Waals surface area contributed by atoms with Crippen LogP contribution in [0.5, 0.6) is 5.88 Å². The molecule has 3 aromatic rings. The molecule has 0 saturated carbocycles. The van der Waals surface area contributed by atoms with E-state index >= 15 is 0 Å². The molecule has 24 heavy (non-hydrogen) atoms. The average molecular weight is 357 g/mol. The van der Waals surface area contributed by atoms with E-state index in [-0.39, 0.29) is 17.1 Å². The minimum absolute atomic E-state index is 0.122. The Labute approximate surface area is 138 Å². The summed E-state index contributed by atoms with van der Waals surface area (Å²) in [5.41, 5.74) is -0.0519. The van der Waals surface area contributed by atoms with Gasteiger partial charge in [0.2, 0.25) is 5.88 Å². The van der Waals surface area contributed by atoms with Gasteiger partial charge in [0.05, 0.1) is 21.8 Å². The number of aromatic hydroxyl groups is 1. The Bertz CT molecular complexity index is 937. The van der Waals surface area contributed by atoms with Gasteiger partial charge in [-0.15, -0.1) is 11.8 Å². The summed E-state index contributed by atoms with van der Waals surface area (Å²) in [6.07, 6.45) is -2.99. The van der Waals surface area contributed by atoms with Crippen LogP contribution in [0.1, 0.15) is 11.3 Å². The molecule has 0 amide bonds. The third kappa shape index (κ3) is 2.68. The van der Waals surface area contributed by atoms with Crippen LogP contribution in [-0.2, 0) is 6.18 Å². The molecule has 9 heteroatoms. The molecule has 0 bridgehead atoms. The first-order valence-electron chi connectivity index (χ1n) is 6.73. The molecule has 0 fully saturated rings. The van der Waals surface area contributed by atoms with Crippen molar-refractivity contribution in [2.24, 2.45) is 0 Å². The molecule has 0 aliphatic carbocycles. The van der Waals surface area contributed by atoms with Crippen molar-refractivity contribution in [2.45, 2.75) is 18.0 Å². The Morgan fingerprint density at radius 3 is 2.50 bits per heavy atom. The van der Waals surface area contributed by atoms with Gasteiger partial charge >= 0.3 is 6.18 Å². The van der Waals surface area contributed by atoms with E-state index in [0.717, 1.165) is 12.1 Å². The maximum absolute atomic E-state index is 13.7. The number of aryl methyl sites for hydroxylation is 1. The van der Waals surface area contributed by atoms with Crippen molar-refractivity contribution < 1.29 is 22.7 Å². The zero-order chi connectivity index (χ0) is 17.6. The lowest BCUT2D eigenvalue weighted by molar-refractivity contribution is -0.139. The number of aromatic nitrogens is 3. The second-order valence-corrected chi connectivity index (χ2v) is 5.86. The summed E-state index contributed by atoms with van der Waals surface area (Å²) in [6, 6.07) is 4.04. The van der Waals surface area contributed by atoms with Gasteiger partial charge in [-0.3, -0.25) is 0 Å². The van der Waals surface area contributed by atoms with Gasteiger partial charge in [0.25, 0.3) is 0 Å². The maximum Gasteiger partial charge on any atom is 0.419 e. The first-order valence-corrected chi connectivity index (χ1v) is 7.95. The predicted molar refractivity (Wildman–Crippen MR) is 81.6 cm³/mol. The van der Waals surface area contributed by atoms with Crippen LogP contribution in [0.15, 0.2) is 29.2 Å². The third-order valence-electron chi connectivity index (χ3n) is 3.48. The van der Waals surface area contributed by atoms with Crippen LogP contribution in [0.2, 0.25) is 0 Å². The number of halogens is 4. The zero-order valence-electron chi connectivity index (χ0n) is 12.5. The van der Waals surface area contributed by atoms with Crippen LogP contribution in [0, 0.1) is 12.7 Å². The minimum atomic E-state index is -4.76. The van der Waals surface area contributed by atoms with Crippen molar-refractivity contribution in [1.82, 2.24) is 14.6 Å². The summed E-state index contributed by atoms with van der Waals surface area (Å²) in [5, 5.41) is 14.3. The number of hydrogen-bond donors (Lipinski definition) is 1. The van der Waals surface area contributed by atoms with Crippen molar-refractivity contribution in [1.29, 1.82) is 0 Å². The fourth-order valence-electron chi connectivity index (χ4n) is 2.37. The molecule has 126 valence electrons. The van der Waals surface area contributed by atoms with Gasteiger partial charge in [-0.2, -0.15) is 22.8 Å². The van der Waals surface area contributed by atoms with Gasteiger partial charge in [-0.05, 0) is 25.3 Å². The molecular formula is C15H11F4N3OS. The van der Waals surface area contributed by atoms with Crippen molar-refractivity contribution in [2.75, 3.05) is 6.26 Å². The summed E-state index contributed by atoms with van der Waals surface area (Å²) in [4.78, 5) is 4.82. The van der Waals surface area contributed by atoms with Gasteiger partial charge < -0.3 is 5.11 Å². The molecule has 0 unspecified atom stereocenters. The highest BCUT2D eigenvalue weighted by atomic mass is 32.2. The van der Waals surface area contributed by atoms with Crippen LogP contribution in [0.3, 0.4) is 0 Å². The van der Waals surface area contributed by atoms with Crippen molar-refractivity contribution in [3.8, 4) is 17.1 Å². The van der Waals surface area contributed by atoms with Crippen LogP contribution < -0.4 is 0 Å². The molecule has 0 saturated heterocycles. The van der Waals surface area contributed by atoms with Crippen LogP contribution >= 0.6 is 11.8 Å². The second-order valence-electron chi connectivity index (χ2n) is 5.05. The number of fused-ring (bicyclic) bond motifs is 1. The number of thioether (sulfide) groups is 1. The Hall–Kier alpha value is -2.29. The Balaban J connectivity index is 2.14. The minimum Gasteiger partial charge on any atom is -0.492 e. The smallest absolute Gasteiger partial charge is 0.419 e. The topological polar surface area (TPSA) is 50.4 Å². The normalized spacial score (nSPS) is 12.1. The summed E-state index contributed by atoms with van der Waals surface area (Å²) in [5.74, 6) is -1.50. The van der Waals surface area contributed by atoms with Crippen molar-refractivity contribution in [3.63, 3.8) is 0 Å². The monoisotopic (exact) mass is 357 g/mol. The van der Waals surface area contributed by atoms with Crippen molar-refractivity contribution in [3.05, 3.63) is 41.3 Å². The first-order chi connectivity index (χ1) is 11.2. The largest absolute Gasteiger partial charge is 0.492 e. The fourth-order valence-corrected chi connectivity index (χ4v) is 2.98. The Kier molecular flexibility index (Phi) is 3.90. The highest BCUT2D eigenvalue weighted by molar-refractivity contribution is 7.98. The summed E-state index contributed by atoms with van der Waals surface area (Å²) in [7, 11) is 0. The fraction of sp³-hybridized carbons (Fsp3) is 0.200. The lowest BCUT2D eigenvalue weighted by Gasteiger charge is -2.08. The number of alkyl halides is 3. The first kappa shape index (κ1) is 16.6. The van der Waals surface area contributed by atoms with Gasteiger partial charge in [-0.25, -0.2) is 9.37 Å². The predicted octanol–water partition coefficient (Wildman–Crippen LogP) is 4.29. The Morgan fingerprint density at radius 2 is 1.92 bits per heavy atom. The SMILES string of the molecule is CSc1c(C)nc2cc(-c3ccc(C(F)(F)F)c(F)c3)nn2c1O. The third-order valence-corrected chi connectivity index (χ3v) is 4.37. The molecule has 1 N–H and O–H groups in total. The molecule has 0 aliphatic rings. The average Bonchev–Trinajstić information content (AvgIpc) is 2.90. The molecule has 3 rings (SSSR count). The number of nitrogens with zero attached hydrogens (tertiary/aromatic N) is 3. The molecule has 1 aromatic carbocycles. The lowest BCUT2D eigenvalue weighted by atomic mass is 10.1. The number of rotatable bonds is 2. The molecule has 0 aliphatic heterocycles. The number of benzene rings is 1. The lowest BCUT2D eigenvalue weighted by Crippen LogP contribution is -2.07. The van der Waals surface area contributed by atoms with Crippen LogP contribution in [0.25, 0.3) is 16.9 Å². The molecular weight excluding hydrogens is 346 g/mol. The van der Waals surface area contributed by atoms with Crippen molar-refractivity contribution >= 4 is 17.4 Å². The summed E-state index contributed by atoms with van der Waals surface area (Å²) >= 11 is 1.29. The van der Waals surface area contributed by atoms with E-state index in [9.17, 15) is 22.7 Å². The molecule has 0 atom stereocenters. The molecule has 4 nitrogen and oxygen atoms in total. The standard InChI is InChI=1S/C15H11F4N3OS/c1-7-13(24-2)14(23)22-12(20-7)6-11(21-22)8-3-4-9(10(16)5-8)15(17,18)19/h3-6,23H,1-2H3. The van der Waals surface area contributed by atoms with E-state index in [2.05, 4.69) is 10.1 Å². The highest BCUT2D eigenvalue weighted by Gasteiger charge is 2.34. The Morgan fingerprint density at radius 1 is 1.21 bits per heavy atom. The highest BCUT2D eigenvalue weighted by Crippen LogP contribution is 2.34. The van der Waals surface area contributed by atoms with Gasteiger partial charge in [-0.1, -0.05) is 6.07 Å². The van der Waals surface area contributed by atoms with E-state index in [0.29, 0.717) is 22.3 Å². The molecule has 0 spiro atoms. The van der Waals surface area contributed by atoms with E-state index in [1.165, 1.54) is 22.3 Å². The quantitative estimate of drug-likeness (QED) is 0.549. The summed E-state index contributed by atoms with van der Waals surface area (Å²) in [6.45, 7) is 1.72. The van der Waals surface area contributed by atoms with E-state index in [1.54, 1.807) is 13.2 Å². The van der Waals surface area contributed by atoms with Gasteiger partial charge in [0, 0.05) is 11.6 Å². The second kappa shape index (κ2) is 5.66. The van der Waals surface area contributed by atoms with E-state index in [1.807, 2.05) is 0 Å². The molecule has 2 heterocycles. The zero-order valence-corrected chi connectivity index (χ0v) is 13.3. The van der Waals surface area contributed by atoms with Gasteiger partial charge in [0.1, 0.15) is 5.82 Å². The van der Waals surface area contributed by atoms with Crippen LogP contribution in [0.4, 0.5) is 17.6 Å². The summed E-state index contributed by atoms with van der Waals surface area (Å²) < 4.78 is 52.8.